The number of methoxy groups -OCH3 is 1. The Kier molecular flexibility index (Phi) is 7.11. The van der Waals surface area contributed by atoms with E-state index in [1.807, 2.05) is 0 Å². The summed E-state index contributed by atoms with van der Waals surface area (Å²) >= 11 is 0. The SMILES string of the molecule is COc1ccc(NS(=O)(=O)c2ccc(NC(=O)c3cn(CCO)c4c(cc(O)c5ncccc54)c3=O)cc2)cc1. The van der Waals surface area contributed by atoms with E-state index < -0.39 is 21.4 Å². The number of aromatic nitrogens is 2. The molecule has 0 aliphatic heterocycles. The van der Waals surface area contributed by atoms with Gasteiger partial charge in [-0.2, -0.15) is 0 Å². The van der Waals surface area contributed by atoms with Gasteiger partial charge in [0, 0.05) is 35.7 Å². The number of carbonyl (C=O) groups is 1. The van der Waals surface area contributed by atoms with Gasteiger partial charge in [0.15, 0.2) is 0 Å². The number of anilines is 2. The maximum atomic E-state index is 13.3. The lowest BCUT2D eigenvalue weighted by atomic mass is 10.1. The summed E-state index contributed by atoms with van der Waals surface area (Å²) < 4.78 is 34.7. The third-order valence-electron chi connectivity index (χ3n) is 6.25. The molecule has 0 saturated carbocycles. The highest BCUT2D eigenvalue weighted by atomic mass is 32.2. The topological polar surface area (TPSA) is 160 Å². The van der Waals surface area contributed by atoms with Gasteiger partial charge in [0.05, 0.1) is 29.5 Å². The number of amides is 1. The first-order chi connectivity index (χ1) is 19.2. The lowest BCUT2D eigenvalue weighted by Crippen LogP contribution is -2.24. The van der Waals surface area contributed by atoms with Crippen molar-refractivity contribution in [1.29, 1.82) is 0 Å². The van der Waals surface area contributed by atoms with Crippen LogP contribution in [0.15, 0.2) is 88.8 Å². The van der Waals surface area contributed by atoms with Crippen LogP contribution in [0, 0.1) is 0 Å². The van der Waals surface area contributed by atoms with Gasteiger partial charge in [-0.3, -0.25) is 19.3 Å². The zero-order valence-electron chi connectivity index (χ0n) is 21.2. The molecule has 0 atom stereocenters. The number of pyridine rings is 2. The standard InChI is InChI=1S/C28H24N4O7S/c1-39-19-8-4-18(5-9-19)31-40(37,38)20-10-6-17(7-11-20)30-28(36)23-16-32(13-14-33)26-21-3-2-12-29-25(21)24(34)15-22(26)27(23)35/h2-12,15-16,31,33-34H,13-14H2,1H3,(H,30,36). The molecule has 0 bridgehead atoms. The number of aliphatic hydroxyl groups is 1. The molecule has 0 saturated heterocycles. The highest BCUT2D eigenvalue weighted by Crippen LogP contribution is 2.30. The highest BCUT2D eigenvalue weighted by molar-refractivity contribution is 7.92. The van der Waals surface area contributed by atoms with Crippen LogP contribution >= 0.6 is 0 Å². The second kappa shape index (κ2) is 10.7. The molecular weight excluding hydrogens is 536 g/mol. The Balaban J connectivity index is 1.44. The minimum absolute atomic E-state index is 0.0340. The molecule has 0 aliphatic rings. The molecule has 0 unspecified atom stereocenters. The van der Waals surface area contributed by atoms with Crippen LogP contribution in [-0.2, 0) is 16.6 Å². The second-order valence-electron chi connectivity index (χ2n) is 8.79. The molecule has 3 aromatic carbocycles. The number of nitrogens with one attached hydrogen (secondary N) is 2. The van der Waals surface area contributed by atoms with E-state index in [-0.39, 0.29) is 46.0 Å². The van der Waals surface area contributed by atoms with E-state index >= 15 is 0 Å². The van der Waals surface area contributed by atoms with Gasteiger partial charge in [-0.15, -0.1) is 0 Å². The summed E-state index contributed by atoms with van der Waals surface area (Å²) in [6.07, 6.45) is 2.85. The summed E-state index contributed by atoms with van der Waals surface area (Å²) in [5, 5.41) is 23.3. The van der Waals surface area contributed by atoms with Crippen LogP contribution < -0.4 is 20.2 Å². The van der Waals surface area contributed by atoms with Crippen LogP contribution in [0.3, 0.4) is 0 Å². The fourth-order valence-corrected chi connectivity index (χ4v) is 5.42. The molecule has 0 radical (unpaired) electrons. The number of aromatic hydroxyl groups is 1. The van der Waals surface area contributed by atoms with Crippen LogP contribution in [0.2, 0.25) is 0 Å². The normalized spacial score (nSPS) is 11.4. The molecule has 2 heterocycles. The van der Waals surface area contributed by atoms with Crippen molar-refractivity contribution in [2.24, 2.45) is 0 Å². The molecular formula is C28H24N4O7S. The van der Waals surface area contributed by atoms with E-state index in [4.69, 9.17) is 4.74 Å². The molecule has 12 heteroatoms. The first-order valence-electron chi connectivity index (χ1n) is 12.0. The van der Waals surface area contributed by atoms with Crippen molar-refractivity contribution in [2.75, 3.05) is 23.8 Å². The number of carbonyl (C=O) groups excluding carboxylic acids is 1. The predicted octanol–water partition coefficient (Wildman–Crippen LogP) is 3.31. The number of ether oxygens (including phenoxy) is 1. The zero-order valence-corrected chi connectivity index (χ0v) is 22.0. The van der Waals surface area contributed by atoms with Crippen molar-refractivity contribution < 1.29 is 28.2 Å². The Bertz CT molecular complexity index is 1900. The Hall–Kier alpha value is -4.94. The number of phenolic OH excluding ortho intramolecular Hbond substituents is 1. The maximum absolute atomic E-state index is 13.3. The summed E-state index contributed by atoms with van der Waals surface area (Å²) in [6, 6.07) is 16.4. The van der Waals surface area contributed by atoms with Crippen molar-refractivity contribution in [1.82, 2.24) is 9.55 Å². The quantitative estimate of drug-likeness (QED) is 0.210. The largest absolute Gasteiger partial charge is 0.506 e. The molecule has 0 fully saturated rings. The Morgan fingerprint density at radius 1 is 1.02 bits per heavy atom. The van der Waals surface area contributed by atoms with Crippen molar-refractivity contribution in [3.63, 3.8) is 0 Å². The number of nitrogens with zero attached hydrogens (tertiary/aromatic N) is 2. The van der Waals surface area contributed by atoms with Crippen molar-refractivity contribution in [3.8, 4) is 11.5 Å². The van der Waals surface area contributed by atoms with Crippen molar-refractivity contribution in [2.45, 2.75) is 11.4 Å². The molecule has 0 aliphatic carbocycles. The maximum Gasteiger partial charge on any atom is 0.261 e. The van der Waals surface area contributed by atoms with E-state index in [1.54, 1.807) is 41.0 Å². The number of phenols is 1. The molecule has 5 aromatic rings. The van der Waals surface area contributed by atoms with Crippen LogP contribution in [0.4, 0.5) is 11.4 Å². The minimum Gasteiger partial charge on any atom is -0.506 e. The van der Waals surface area contributed by atoms with Crippen molar-refractivity contribution >= 4 is 49.1 Å². The number of sulfonamides is 1. The molecule has 0 spiro atoms. The van der Waals surface area contributed by atoms with E-state index in [9.17, 15) is 28.2 Å². The summed E-state index contributed by atoms with van der Waals surface area (Å²) in [5.74, 6) is -0.371. The smallest absolute Gasteiger partial charge is 0.261 e. The Morgan fingerprint density at radius 3 is 2.40 bits per heavy atom. The lowest BCUT2D eigenvalue weighted by Gasteiger charge is -2.15. The molecule has 5 rings (SSSR count). The van der Waals surface area contributed by atoms with Gasteiger partial charge in [-0.25, -0.2) is 8.42 Å². The lowest BCUT2D eigenvalue weighted by molar-refractivity contribution is 0.102. The van der Waals surface area contributed by atoms with Crippen LogP contribution in [0.5, 0.6) is 11.5 Å². The Morgan fingerprint density at radius 2 is 1.73 bits per heavy atom. The van der Waals surface area contributed by atoms with Gasteiger partial charge in [-0.1, -0.05) is 0 Å². The third kappa shape index (κ3) is 5.05. The van der Waals surface area contributed by atoms with E-state index in [2.05, 4.69) is 15.0 Å². The average molecular weight is 561 g/mol. The first kappa shape index (κ1) is 26.7. The molecule has 40 heavy (non-hydrogen) atoms. The van der Waals surface area contributed by atoms with Crippen molar-refractivity contribution in [3.05, 3.63) is 94.9 Å². The van der Waals surface area contributed by atoms with E-state index in [0.29, 0.717) is 22.3 Å². The summed E-state index contributed by atoms with van der Waals surface area (Å²) in [5.41, 5.74) is 0.479. The summed E-state index contributed by atoms with van der Waals surface area (Å²) in [7, 11) is -2.40. The third-order valence-corrected chi connectivity index (χ3v) is 7.65. The van der Waals surface area contributed by atoms with Gasteiger partial charge in [0.1, 0.15) is 22.6 Å². The van der Waals surface area contributed by atoms with Gasteiger partial charge in [0.25, 0.3) is 15.9 Å². The number of aliphatic hydroxyl groups excluding tert-OH is 1. The first-order valence-corrected chi connectivity index (χ1v) is 13.5. The van der Waals surface area contributed by atoms with Crippen LogP contribution in [0.1, 0.15) is 10.4 Å². The van der Waals surface area contributed by atoms with Gasteiger partial charge >= 0.3 is 0 Å². The number of rotatable bonds is 8. The van der Waals surface area contributed by atoms with E-state index in [1.165, 1.54) is 49.8 Å². The van der Waals surface area contributed by atoms with Crippen LogP contribution in [0.25, 0.3) is 21.8 Å². The molecule has 2 aromatic heterocycles. The Labute approximate surface area is 228 Å². The average Bonchev–Trinajstić information content (AvgIpc) is 2.95. The number of fused-ring (bicyclic) bond motifs is 3. The molecule has 4 N–H and O–H groups in total. The minimum atomic E-state index is -3.90. The van der Waals surface area contributed by atoms with Crippen LogP contribution in [-0.4, -0.2) is 47.8 Å². The summed E-state index contributed by atoms with van der Waals surface area (Å²) in [6.45, 7) is -0.179. The van der Waals surface area contributed by atoms with Gasteiger partial charge in [-0.05, 0) is 66.7 Å². The number of hydrogen-bond acceptors (Lipinski definition) is 8. The molecule has 204 valence electrons. The summed E-state index contributed by atoms with van der Waals surface area (Å²) in [4.78, 5) is 30.6. The number of benzene rings is 3. The number of hydrogen-bond donors (Lipinski definition) is 4. The fourth-order valence-electron chi connectivity index (χ4n) is 4.36. The molecule has 1 amide bonds. The zero-order chi connectivity index (χ0) is 28.4. The highest BCUT2D eigenvalue weighted by Gasteiger charge is 2.20. The monoisotopic (exact) mass is 560 g/mol. The van der Waals surface area contributed by atoms with Gasteiger partial charge < -0.3 is 24.8 Å². The molecule has 11 nitrogen and oxygen atoms in total. The van der Waals surface area contributed by atoms with E-state index in [0.717, 1.165) is 0 Å². The van der Waals surface area contributed by atoms with Gasteiger partial charge in [0.2, 0.25) is 5.43 Å². The fraction of sp³-hybridized carbons (Fsp3) is 0.107. The predicted molar refractivity (Wildman–Crippen MR) is 150 cm³/mol. The second-order valence-corrected chi connectivity index (χ2v) is 10.5.